The van der Waals surface area contributed by atoms with Crippen LogP contribution in [0.1, 0.15) is 39.9 Å². The number of nitrogens with one attached hydrogen (secondary N) is 1. The fourth-order valence-corrected chi connectivity index (χ4v) is 4.00. The molecule has 0 saturated carbocycles. The molecule has 1 saturated heterocycles. The van der Waals surface area contributed by atoms with Gasteiger partial charge in [0.15, 0.2) is 11.5 Å². The number of rotatable bonds is 8. The minimum atomic E-state index is -1.12. The Balaban J connectivity index is 1.69. The number of carbonyl (C=O) groups excluding carboxylic acids is 3. The number of amides is 2. The summed E-state index contributed by atoms with van der Waals surface area (Å²) in [4.78, 5) is 50.0. The van der Waals surface area contributed by atoms with E-state index in [0.29, 0.717) is 18.6 Å². The summed E-state index contributed by atoms with van der Waals surface area (Å²) in [7, 11) is 0. The Morgan fingerprint density at radius 1 is 1.00 bits per heavy atom. The molecule has 11 heteroatoms. The Bertz CT molecular complexity index is 1520. The van der Waals surface area contributed by atoms with Crippen molar-refractivity contribution >= 4 is 17.6 Å². The van der Waals surface area contributed by atoms with Crippen LogP contribution < -0.4 is 11.0 Å². The lowest BCUT2D eigenvalue weighted by atomic mass is 10.0. The number of hydrogen-bond acceptors (Lipinski definition) is 5. The third-order valence-corrected chi connectivity index (χ3v) is 5.93. The molecule has 2 aromatic carbocycles. The van der Waals surface area contributed by atoms with Gasteiger partial charge in [-0.3, -0.25) is 29.6 Å². The second kappa shape index (κ2) is 11.2. The summed E-state index contributed by atoms with van der Waals surface area (Å²) in [5.74, 6) is -5.76. The number of halogens is 3. The fourth-order valence-electron chi connectivity index (χ4n) is 4.00. The maximum atomic E-state index is 14.3. The van der Waals surface area contributed by atoms with Gasteiger partial charge in [-0.1, -0.05) is 24.3 Å². The molecule has 0 aliphatic carbocycles. The van der Waals surface area contributed by atoms with Crippen molar-refractivity contribution in [3.05, 3.63) is 117 Å². The van der Waals surface area contributed by atoms with E-state index in [0.717, 1.165) is 21.7 Å². The van der Waals surface area contributed by atoms with E-state index in [1.165, 1.54) is 30.5 Å². The molecule has 2 amide bonds. The lowest BCUT2D eigenvalue weighted by Gasteiger charge is -2.16. The highest BCUT2D eigenvalue weighted by molar-refractivity contribution is 6.08. The van der Waals surface area contributed by atoms with Gasteiger partial charge >= 0.3 is 5.91 Å². The average Bonchev–Trinajstić information content (AvgIpc) is 3.27. The third-order valence-electron chi connectivity index (χ3n) is 5.93. The quantitative estimate of drug-likeness (QED) is 0.267. The Morgan fingerprint density at radius 3 is 2.45 bits per heavy atom. The predicted molar refractivity (Wildman–Crippen MR) is 130 cm³/mol. The number of hydrazine groups is 1. The summed E-state index contributed by atoms with van der Waals surface area (Å²) in [5.41, 5.74) is 1.34. The van der Waals surface area contributed by atoms with Gasteiger partial charge in [-0.05, 0) is 35.7 Å². The van der Waals surface area contributed by atoms with Crippen LogP contribution in [0.25, 0.3) is 0 Å². The first kappa shape index (κ1) is 26.4. The molecule has 0 radical (unpaired) electrons. The van der Waals surface area contributed by atoms with Crippen LogP contribution in [-0.4, -0.2) is 38.8 Å². The van der Waals surface area contributed by atoms with Crippen LogP contribution >= 0.6 is 0 Å². The summed E-state index contributed by atoms with van der Waals surface area (Å²) < 4.78 is 43.0. The first-order chi connectivity index (χ1) is 18.1. The normalized spacial score (nSPS) is 13.6. The number of aromatic nitrogens is 1. The second-order valence-corrected chi connectivity index (χ2v) is 8.68. The van der Waals surface area contributed by atoms with Crippen molar-refractivity contribution in [1.82, 2.24) is 15.0 Å². The maximum absolute atomic E-state index is 14.3. The van der Waals surface area contributed by atoms with E-state index in [2.05, 4.69) is 5.43 Å². The molecule has 0 spiro atoms. The van der Waals surface area contributed by atoms with E-state index in [9.17, 15) is 37.5 Å². The summed E-state index contributed by atoms with van der Waals surface area (Å²) in [5, 5.41) is 11.2. The highest BCUT2D eigenvalue weighted by atomic mass is 19.1. The van der Waals surface area contributed by atoms with Gasteiger partial charge in [0, 0.05) is 43.3 Å². The molecule has 4 rings (SSSR count). The Morgan fingerprint density at radius 2 is 1.76 bits per heavy atom. The summed E-state index contributed by atoms with van der Waals surface area (Å²) in [6.07, 6.45) is 2.46. The zero-order chi connectivity index (χ0) is 27.4. The van der Waals surface area contributed by atoms with Crippen LogP contribution in [-0.2, 0) is 22.6 Å². The summed E-state index contributed by atoms with van der Waals surface area (Å²) >= 11 is 0. The topological polar surface area (TPSA) is 109 Å². The van der Waals surface area contributed by atoms with E-state index in [1.807, 2.05) is 0 Å². The van der Waals surface area contributed by atoms with Gasteiger partial charge in [-0.2, -0.15) is 0 Å². The van der Waals surface area contributed by atoms with Gasteiger partial charge in [0.25, 0.3) is 5.56 Å². The van der Waals surface area contributed by atoms with Crippen LogP contribution in [0.5, 0.6) is 0 Å². The van der Waals surface area contributed by atoms with Gasteiger partial charge in [-0.15, -0.1) is 0 Å². The number of benzene rings is 2. The highest BCUT2D eigenvalue weighted by Gasteiger charge is 2.24. The SMILES string of the molecule is O=C(NN1CCCC1=O)C(O)=CC(=O)c1cc(Cc2ccc(F)cc2F)cn(Cc2ccccc2F)c1=O. The predicted octanol–water partition coefficient (Wildman–Crippen LogP) is 3.18. The van der Waals surface area contributed by atoms with Crippen molar-refractivity contribution in [2.24, 2.45) is 0 Å². The number of ketones is 1. The van der Waals surface area contributed by atoms with E-state index in [1.54, 1.807) is 6.07 Å². The van der Waals surface area contributed by atoms with Crippen LogP contribution in [0.4, 0.5) is 13.2 Å². The molecule has 1 fully saturated rings. The number of pyridine rings is 1. The lowest BCUT2D eigenvalue weighted by Crippen LogP contribution is -2.43. The van der Waals surface area contributed by atoms with E-state index in [-0.39, 0.29) is 48.5 Å². The van der Waals surface area contributed by atoms with Gasteiger partial charge in [0.1, 0.15) is 17.5 Å². The molecule has 3 aromatic rings. The first-order valence-corrected chi connectivity index (χ1v) is 11.6. The molecule has 38 heavy (non-hydrogen) atoms. The van der Waals surface area contributed by atoms with Crippen LogP contribution in [0.2, 0.25) is 0 Å². The van der Waals surface area contributed by atoms with Gasteiger partial charge < -0.3 is 9.67 Å². The van der Waals surface area contributed by atoms with Gasteiger partial charge in [0.05, 0.1) is 12.1 Å². The number of aliphatic hydroxyl groups excluding tert-OH is 1. The van der Waals surface area contributed by atoms with Crippen molar-refractivity contribution in [3.63, 3.8) is 0 Å². The monoisotopic (exact) mass is 525 g/mol. The standard InChI is InChI=1S/C27H22F3N3O5/c28-19-8-7-17(22(30)12-19)10-16-11-20(27(38)32(14-16)15-18-4-1-2-5-21(18)29)23(34)13-24(35)26(37)31-33-9-3-6-25(33)36/h1-2,4-5,7-8,11-14,35H,3,6,9-10,15H2,(H,31,37). The Kier molecular flexibility index (Phi) is 7.75. The number of aliphatic hydroxyl groups is 1. The van der Waals surface area contributed by atoms with Crippen molar-refractivity contribution in [2.75, 3.05) is 6.54 Å². The number of carbonyl (C=O) groups is 3. The molecule has 196 valence electrons. The molecule has 0 atom stereocenters. The summed E-state index contributed by atoms with van der Waals surface area (Å²) in [6.45, 7) is -0.0205. The van der Waals surface area contributed by atoms with Crippen molar-refractivity contribution in [2.45, 2.75) is 25.8 Å². The third kappa shape index (κ3) is 6.00. The largest absolute Gasteiger partial charge is 0.503 e. The zero-order valence-electron chi connectivity index (χ0n) is 19.9. The maximum Gasteiger partial charge on any atom is 0.304 e. The first-order valence-electron chi connectivity index (χ1n) is 11.6. The Hall–Kier alpha value is -4.67. The molecular weight excluding hydrogens is 503 g/mol. The number of allylic oxidation sites excluding steroid dienone is 1. The average molecular weight is 525 g/mol. The van der Waals surface area contributed by atoms with Crippen LogP contribution in [0.15, 0.2) is 71.4 Å². The van der Waals surface area contributed by atoms with Gasteiger partial charge in [0.2, 0.25) is 5.91 Å². The minimum Gasteiger partial charge on any atom is -0.503 e. The molecule has 1 aliphatic heterocycles. The zero-order valence-corrected chi connectivity index (χ0v) is 19.9. The smallest absolute Gasteiger partial charge is 0.304 e. The molecule has 1 aliphatic rings. The van der Waals surface area contributed by atoms with E-state index < -0.39 is 46.0 Å². The highest BCUT2D eigenvalue weighted by Crippen LogP contribution is 2.17. The number of nitrogens with zero attached hydrogens (tertiary/aromatic N) is 2. The molecule has 2 N–H and O–H groups in total. The van der Waals surface area contributed by atoms with E-state index >= 15 is 0 Å². The van der Waals surface area contributed by atoms with Crippen molar-refractivity contribution < 1.29 is 32.7 Å². The van der Waals surface area contributed by atoms with Crippen molar-refractivity contribution in [3.8, 4) is 0 Å². The van der Waals surface area contributed by atoms with Gasteiger partial charge in [-0.25, -0.2) is 13.2 Å². The molecule has 0 unspecified atom stereocenters. The molecule has 2 heterocycles. The van der Waals surface area contributed by atoms with Crippen LogP contribution in [0.3, 0.4) is 0 Å². The summed E-state index contributed by atoms with van der Waals surface area (Å²) in [6, 6.07) is 9.83. The van der Waals surface area contributed by atoms with E-state index in [4.69, 9.17) is 0 Å². The lowest BCUT2D eigenvalue weighted by molar-refractivity contribution is -0.137. The molecule has 1 aromatic heterocycles. The second-order valence-electron chi connectivity index (χ2n) is 8.68. The Labute approximate surface area is 214 Å². The van der Waals surface area contributed by atoms with Crippen LogP contribution in [0, 0.1) is 17.5 Å². The fraction of sp³-hybridized carbons (Fsp3) is 0.185. The number of hydrogen-bond donors (Lipinski definition) is 2. The molecule has 8 nitrogen and oxygen atoms in total. The molecule has 0 bridgehead atoms. The molecular formula is C27H22F3N3O5. The van der Waals surface area contributed by atoms with Crippen molar-refractivity contribution in [1.29, 1.82) is 0 Å². The minimum absolute atomic E-state index is 0.0777.